The van der Waals surface area contributed by atoms with E-state index in [0.717, 1.165) is 35.3 Å². The molecule has 3 N–H and O–H groups in total. The fraction of sp³-hybridized carbons (Fsp3) is 0.381. The number of primary amides is 1. The van der Waals surface area contributed by atoms with Gasteiger partial charge in [-0.3, -0.25) is 9.59 Å². The molecule has 0 radical (unpaired) electrons. The first-order valence-electron chi connectivity index (χ1n) is 9.36. The van der Waals surface area contributed by atoms with Crippen molar-refractivity contribution in [3.05, 3.63) is 45.3 Å². The number of aryl methyl sites for hydroxylation is 1. The number of thiophene rings is 1. The van der Waals surface area contributed by atoms with Gasteiger partial charge in [-0.15, -0.1) is 11.3 Å². The zero-order valence-corrected chi connectivity index (χ0v) is 17.5. The van der Waals surface area contributed by atoms with Crippen LogP contribution in [0.5, 0.6) is 5.75 Å². The summed E-state index contributed by atoms with van der Waals surface area (Å²) in [6.07, 6.45) is 2.61. The summed E-state index contributed by atoms with van der Waals surface area (Å²) in [6.45, 7) is 3.55. The van der Waals surface area contributed by atoms with E-state index in [1.165, 1.54) is 18.4 Å². The van der Waals surface area contributed by atoms with Gasteiger partial charge in [-0.05, 0) is 55.4 Å². The van der Waals surface area contributed by atoms with Crippen LogP contribution in [0.4, 0.5) is 5.00 Å². The number of carbonyl (C=O) groups is 3. The zero-order valence-electron chi connectivity index (χ0n) is 16.7. The molecule has 0 bridgehead atoms. The minimum absolute atomic E-state index is 0.290. The Morgan fingerprint density at radius 3 is 2.76 bits per heavy atom. The molecule has 1 atom stereocenters. The number of fused-ring (bicyclic) bond motifs is 1. The number of amides is 2. The normalized spacial score (nSPS) is 15.3. The van der Waals surface area contributed by atoms with E-state index in [2.05, 4.69) is 12.2 Å². The van der Waals surface area contributed by atoms with Crippen LogP contribution in [0, 0.1) is 12.8 Å². The standard InChI is InChI=1S/C21H24N2O5S/c1-11-4-7-14-16(8-11)29-20(18(14)19(22)25)23-17(24)10-28-21(26)13-6-5-12(2)15(9-13)27-3/h5-6,9,11H,4,7-8,10H2,1-3H3,(H2,22,25)(H,23,24)/t11-/m1/s1. The first-order valence-corrected chi connectivity index (χ1v) is 10.2. The van der Waals surface area contributed by atoms with Crippen molar-refractivity contribution in [2.75, 3.05) is 19.0 Å². The number of ether oxygens (including phenoxy) is 2. The number of hydrogen-bond donors (Lipinski definition) is 2. The van der Waals surface area contributed by atoms with Crippen LogP contribution in [0.3, 0.4) is 0 Å². The molecule has 0 saturated heterocycles. The Morgan fingerprint density at radius 2 is 2.07 bits per heavy atom. The Balaban J connectivity index is 1.67. The lowest BCUT2D eigenvalue weighted by atomic mass is 9.88. The average Bonchev–Trinajstić information content (AvgIpc) is 3.03. The minimum Gasteiger partial charge on any atom is -0.496 e. The molecule has 3 rings (SSSR count). The number of nitrogens with two attached hydrogens (primary N) is 1. The molecule has 2 aromatic rings. The number of methoxy groups -OCH3 is 1. The van der Waals surface area contributed by atoms with Crippen LogP contribution in [-0.2, 0) is 22.4 Å². The lowest BCUT2D eigenvalue weighted by molar-refractivity contribution is -0.119. The smallest absolute Gasteiger partial charge is 0.338 e. The quantitative estimate of drug-likeness (QED) is 0.704. The Bertz CT molecular complexity index is 966. The van der Waals surface area contributed by atoms with Gasteiger partial charge in [0.1, 0.15) is 10.8 Å². The number of hydrogen-bond acceptors (Lipinski definition) is 6. The molecular formula is C21H24N2O5S. The molecule has 1 aromatic carbocycles. The van der Waals surface area contributed by atoms with Crippen molar-refractivity contribution < 1.29 is 23.9 Å². The van der Waals surface area contributed by atoms with Gasteiger partial charge in [-0.1, -0.05) is 13.0 Å². The molecule has 8 heteroatoms. The van der Waals surface area contributed by atoms with Crippen LogP contribution in [0.1, 0.15) is 50.1 Å². The van der Waals surface area contributed by atoms with Crippen LogP contribution < -0.4 is 15.8 Å². The Morgan fingerprint density at radius 1 is 1.31 bits per heavy atom. The van der Waals surface area contributed by atoms with Gasteiger partial charge in [-0.25, -0.2) is 4.79 Å². The van der Waals surface area contributed by atoms with E-state index in [-0.39, 0.29) is 0 Å². The Kier molecular flexibility index (Phi) is 6.22. The third-order valence-electron chi connectivity index (χ3n) is 4.99. The molecular weight excluding hydrogens is 392 g/mol. The van der Waals surface area contributed by atoms with E-state index in [0.29, 0.717) is 27.8 Å². The maximum Gasteiger partial charge on any atom is 0.338 e. The predicted octanol–water partition coefficient (Wildman–Crippen LogP) is 3.08. The third-order valence-corrected chi connectivity index (χ3v) is 6.16. The second-order valence-corrected chi connectivity index (χ2v) is 8.33. The third kappa shape index (κ3) is 4.59. The van der Waals surface area contributed by atoms with Gasteiger partial charge in [0.05, 0.1) is 18.2 Å². The van der Waals surface area contributed by atoms with Crippen molar-refractivity contribution in [2.45, 2.75) is 33.1 Å². The van der Waals surface area contributed by atoms with Crippen LogP contribution in [0.2, 0.25) is 0 Å². The molecule has 0 unspecified atom stereocenters. The molecule has 0 saturated carbocycles. The molecule has 1 aliphatic carbocycles. The average molecular weight is 416 g/mol. The van der Waals surface area contributed by atoms with E-state index in [4.69, 9.17) is 15.2 Å². The van der Waals surface area contributed by atoms with Crippen molar-refractivity contribution in [1.82, 2.24) is 0 Å². The van der Waals surface area contributed by atoms with Crippen molar-refractivity contribution >= 4 is 34.1 Å². The molecule has 2 amide bonds. The summed E-state index contributed by atoms with van der Waals surface area (Å²) < 4.78 is 10.3. The van der Waals surface area contributed by atoms with Crippen LogP contribution >= 0.6 is 11.3 Å². The highest BCUT2D eigenvalue weighted by Crippen LogP contribution is 2.39. The van der Waals surface area contributed by atoms with Gasteiger partial charge in [0.2, 0.25) is 0 Å². The van der Waals surface area contributed by atoms with E-state index < -0.39 is 24.4 Å². The van der Waals surface area contributed by atoms with Crippen molar-refractivity contribution in [3.63, 3.8) is 0 Å². The summed E-state index contributed by atoms with van der Waals surface area (Å²) in [5.74, 6) is -0.623. The Labute approximate surface area is 173 Å². The monoisotopic (exact) mass is 416 g/mol. The highest BCUT2D eigenvalue weighted by atomic mass is 32.1. The maximum absolute atomic E-state index is 12.3. The summed E-state index contributed by atoms with van der Waals surface area (Å²) in [6, 6.07) is 4.92. The lowest BCUT2D eigenvalue weighted by Gasteiger charge is -2.18. The summed E-state index contributed by atoms with van der Waals surface area (Å²) >= 11 is 1.37. The first kappa shape index (κ1) is 20.9. The van der Waals surface area contributed by atoms with E-state index in [9.17, 15) is 14.4 Å². The van der Waals surface area contributed by atoms with Gasteiger partial charge < -0.3 is 20.5 Å². The summed E-state index contributed by atoms with van der Waals surface area (Å²) in [4.78, 5) is 37.6. The molecule has 1 aromatic heterocycles. The molecule has 0 aliphatic heterocycles. The minimum atomic E-state index is -0.632. The topological polar surface area (TPSA) is 108 Å². The SMILES string of the molecule is COc1cc(C(=O)OCC(=O)Nc2sc3c(c2C(N)=O)CC[C@@H](C)C3)ccc1C. The van der Waals surface area contributed by atoms with Crippen LogP contribution in [0.25, 0.3) is 0 Å². The number of carbonyl (C=O) groups excluding carboxylic acids is 3. The van der Waals surface area contributed by atoms with Gasteiger partial charge in [0.25, 0.3) is 11.8 Å². The number of esters is 1. The molecule has 0 fully saturated rings. The Hall–Kier alpha value is -2.87. The highest BCUT2D eigenvalue weighted by molar-refractivity contribution is 7.17. The molecule has 29 heavy (non-hydrogen) atoms. The second-order valence-electron chi connectivity index (χ2n) is 7.23. The van der Waals surface area contributed by atoms with Crippen LogP contribution in [0.15, 0.2) is 18.2 Å². The fourth-order valence-electron chi connectivity index (χ4n) is 3.42. The summed E-state index contributed by atoms with van der Waals surface area (Å²) in [5, 5.41) is 3.10. The van der Waals surface area contributed by atoms with Gasteiger partial charge in [-0.2, -0.15) is 0 Å². The molecule has 1 aliphatic rings. The number of anilines is 1. The highest BCUT2D eigenvalue weighted by Gasteiger charge is 2.27. The number of nitrogens with one attached hydrogen (secondary N) is 1. The lowest BCUT2D eigenvalue weighted by Crippen LogP contribution is -2.23. The number of benzene rings is 1. The van der Waals surface area contributed by atoms with Gasteiger partial charge >= 0.3 is 5.97 Å². The van der Waals surface area contributed by atoms with Crippen molar-refractivity contribution in [2.24, 2.45) is 11.7 Å². The molecule has 154 valence electrons. The summed E-state index contributed by atoms with van der Waals surface area (Å²) in [5.41, 5.74) is 8.03. The molecule has 7 nitrogen and oxygen atoms in total. The van der Waals surface area contributed by atoms with Crippen LogP contribution in [-0.4, -0.2) is 31.5 Å². The number of rotatable bonds is 6. The van der Waals surface area contributed by atoms with Gasteiger partial charge in [0.15, 0.2) is 6.61 Å². The van der Waals surface area contributed by atoms with E-state index in [1.54, 1.807) is 18.2 Å². The predicted molar refractivity (Wildman–Crippen MR) is 111 cm³/mol. The van der Waals surface area contributed by atoms with E-state index in [1.807, 2.05) is 6.92 Å². The summed E-state index contributed by atoms with van der Waals surface area (Å²) in [7, 11) is 1.52. The van der Waals surface area contributed by atoms with E-state index >= 15 is 0 Å². The molecule has 1 heterocycles. The maximum atomic E-state index is 12.3. The van der Waals surface area contributed by atoms with Crippen molar-refractivity contribution in [3.8, 4) is 5.75 Å². The first-order chi connectivity index (χ1) is 13.8. The zero-order chi connectivity index (χ0) is 21.1. The fourth-order valence-corrected chi connectivity index (χ4v) is 4.86. The second kappa shape index (κ2) is 8.65. The molecule has 0 spiro atoms. The largest absolute Gasteiger partial charge is 0.496 e. The van der Waals surface area contributed by atoms with Crippen molar-refractivity contribution in [1.29, 1.82) is 0 Å². The van der Waals surface area contributed by atoms with Gasteiger partial charge in [0, 0.05) is 4.88 Å².